The number of hydrogen-bond acceptors (Lipinski definition) is 6. The van der Waals surface area contributed by atoms with Gasteiger partial charge >= 0.3 is 5.97 Å². The van der Waals surface area contributed by atoms with Crippen molar-refractivity contribution in [2.24, 2.45) is 0 Å². The molecule has 0 unspecified atom stereocenters. The van der Waals surface area contributed by atoms with E-state index in [1.54, 1.807) is 0 Å². The number of aromatic hydroxyl groups is 1. The van der Waals surface area contributed by atoms with Crippen molar-refractivity contribution in [2.75, 3.05) is 0 Å². The van der Waals surface area contributed by atoms with Gasteiger partial charge in [-0.25, -0.2) is 22.9 Å². The minimum absolute atomic E-state index is 0.119. The fourth-order valence-corrected chi connectivity index (χ4v) is 2.43. The summed E-state index contributed by atoms with van der Waals surface area (Å²) in [5.41, 5.74) is -0.493. The number of aromatic amines is 1. The van der Waals surface area contributed by atoms with Crippen LogP contribution in [-0.2, 0) is 16.6 Å². The van der Waals surface area contributed by atoms with E-state index < -0.39 is 27.3 Å². The maximum Gasteiger partial charge on any atom is 0.339 e. The van der Waals surface area contributed by atoms with Gasteiger partial charge in [0.15, 0.2) is 0 Å². The van der Waals surface area contributed by atoms with Gasteiger partial charge in [0.05, 0.1) is 11.4 Å². The highest BCUT2D eigenvalue weighted by Crippen LogP contribution is 2.21. The third-order valence-corrected chi connectivity index (χ3v) is 3.80. The van der Waals surface area contributed by atoms with E-state index >= 15 is 0 Å². The first-order valence-electron chi connectivity index (χ1n) is 5.30. The van der Waals surface area contributed by atoms with Crippen molar-refractivity contribution in [1.82, 2.24) is 19.9 Å². The van der Waals surface area contributed by atoms with Crippen molar-refractivity contribution in [3.8, 4) is 5.75 Å². The van der Waals surface area contributed by atoms with Gasteiger partial charge in [0.25, 0.3) is 0 Å². The fraction of sp³-hybridized carbons (Fsp3) is 0.100. The summed E-state index contributed by atoms with van der Waals surface area (Å²) in [5, 5.41) is 24.2. The molecular weight excluding hydrogens is 288 g/mol. The van der Waals surface area contributed by atoms with E-state index in [-0.39, 0.29) is 11.4 Å². The van der Waals surface area contributed by atoms with E-state index in [2.05, 4.69) is 19.9 Å². The molecule has 0 radical (unpaired) electrons. The molecule has 0 saturated carbocycles. The molecule has 0 fully saturated rings. The lowest BCUT2D eigenvalue weighted by Gasteiger charge is -2.07. The number of rotatable bonds is 5. The number of hydrogen-bond donors (Lipinski definition) is 4. The molecule has 1 heterocycles. The Morgan fingerprint density at radius 3 is 2.75 bits per heavy atom. The molecule has 10 heteroatoms. The van der Waals surface area contributed by atoms with Gasteiger partial charge in [-0.2, -0.15) is 5.10 Å². The van der Waals surface area contributed by atoms with Crippen molar-refractivity contribution >= 4 is 16.0 Å². The van der Waals surface area contributed by atoms with Crippen LogP contribution in [0.15, 0.2) is 29.4 Å². The Kier molecular flexibility index (Phi) is 3.68. The molecule has 0 aliphatic heterocycles. The number of carbonyl (C=O) groups is 1. The average Bonchev–Trinajstić information content (AvgIpc) is 2.89. The highest BCUT2D eigenvalue weighted by Gasteiger charge is 2.18. The zero-order valence-corrected chi connectivity index (χ0v) is 10.8. The van der Waals surface area contributed by atoms with Crippen LogP contribution in [-0.4, -0.2) is 39.8 Å². The summed E-state index contributed by atoms with van der Waals surface area (Å²) in [6.07, 6.45) is 1.23. The second-order valence-electron chi connectivity index (χ2n) is 3.74. The Morgan fingerprint density at radius 2 is 2.15 bits per heavy atom. The van der Waals surface area contributed by atoms with Crippen LogP contribution in [0.25, 0.3) is 0 Å². The Hall–Kier alpha value is -2.46. The molecular formula is C10H10N4O5S. The standard InChI is InChI=1S/C10H10N4O5S/c15-8-2-1-6(3-7(8)10(16)17)20(18,19)13-4-9-11-5-12-14-9/h1-3,5,13,15H,4H2,(H,16,17)(H,11,12,14). The van der Waals surface area contributed by atoms with Crippen molar-refractivity contribution in [3.63, 3.8) is 0 Å². The van der Waals surface area contributed by atoms with Crippen LogP contribution in [0.1, 0.15) is 16.2 Å². The number of aromatic carboxylic acids is 1. The lowest BCUT2D eigenvalue weighted by molar-refractivity contribution is 0.0693. The topological polar surface area (TPSA) is 145 Å². The summed E-state index contributed by atoms with van der Waals surface area (Å²) in [5.74, 6) is -1.62. The van der Waals surface area contributed by atoms with Crippen molar-refractivity contribution in [1.29, 1.82) is 0 Å². The van der Waals surface area contributed by atoms with Crippen LogP contribution in [0.5, 0.6) is 5.75 Å². The van der Waals surface area contributed by atoms with E-state index in [1.165, 1.54) is 6.33 Å². The summed E-state index contributed by atoms with van der Waals surface area (Å²) < 4.78 is 26.2. The number of benzene rings is 1. The largest absolute Gasteiger partial charge is 0.507 e. The first-order valence-corrected chi connectivity index (χ1v) is 6.78. The average molecular weight is 298 g/mol. The van der Waals surface area contributed by atoms with Gasteiger partial charge in [0.2, 0.25) is 10.0 Å². The van der Waals surface area contributed by atoms with Crippen LogP contribution < -0.4 is 4.72 Å². The molecule has 2 rings (SSSR count). The molecule has 0 amide bonds. The number of nitrogens with zero attached hydrogens (tertiary/aromatic N) is 2. The number of aromatic nitrogens is 3. The van der Waals surface area contributed by atoms with Crippen LogP contribution >= 0.6 is 0 Å². The maximum atomic E-state index is 12.0. The first-order chi connectivity index (χ1) is 9.40. The molecule has 1 aromatic carbocycles. The van der Waals surface area contributed by atoms with E-state index in [1.807, 2.05) is 0 Å². The number of H-pyrrole nitrogens is 1. The molecule has 1 aromatic heterocycles. The summed E-state index contributed by atoms with van der Waals surface area (Å²) in [6, 6.07) is 2.98. The summed E-state index contributed by atoms with van der Waals surface area (Å²) in [4.78, 5) is 14.3. The van der Waals surface area contributed by atoms with Gasteiger partial charge in [-0.1, -0.05) is 0 Å². The molecule has 0 aliphatic carbocycles. The highest BCUT2D eigenvalue weighted by atomic mass is 32.2. The predicted octanol–water partition coefficient (Wildman–Crippen LogP) is -0.313. The van der Waals surface area contributed by atoms with E-state index in [4.69, 9.17) is 5.11 Å². The zero-order chi connectivity index (χ0) is 14.8. The number of phenols is 1. The smallest absolute Gasteiger partial charge is 0.339 e. The van der Waals surface area contributed by atoms with E-state index in [0.29, 0.717) is 5.82 Å². The van der Waals surface area contributed by atoms with Crippen LogP contribution in [0.3, 0.4) is 0 Å². The molecule has 9 nitrogen and oxygen atoms in total. The second-order valence-corrected chi connectivity index (χ2v) is 5.51. The summed E-state index contributed by atoms with van der Waals surface area (Å²) in [7, 11) is -3.92. The number of carboxylic acid groups (broad SMARTS) is 1. The molecule has 106 valence electrons. The van der Waals surface area contributed by atoms with E-state index in [9.17, 15) is 18.3 Å². The molecule has 0 saturated heterocycles. The predicted molar refractivity (Wildman–Crippen MR) is 65.5 cm³/mol. The number of nitrogens with one attached hydrogen (secondary N) is 2. The molecule has 0 bridgehead atoms. The SMILES string of the molecule is O=C(O)c1cc(S(=O)(=O)NCc2ncn[nH]2)ccc1O. The van der Waals surface area contributed by atoms with Crippen molar-refractivity contribution in [3.05, 3.63) is 35.9 Å². The third-order valence-electron chi connectivity index (χ3n) is 2.40. The summed E-state index contributed by atoms with van der Waals surface area (Å²) in [6.45, 7) is -0.119. The Bertz CT molecular complexity index is 726. The van der Waals surface area contributed by atoms with Crippen LogP contribution in [0.2, 0.25) is 0 Å². The van der Waals surface area contributed by atoms with Gasteiger partial charge in [-0.3, -0.25) is 5.10 Å². The van der Waals surface area contributed by atoms with Gasteiger partial charge in [-0.15, -0.1) is 0 Å². The van der Waals surface area contributed by atoms with Gasteiger partial charge < -0.3 is 10.2 Å². The van der Waals surface area contributed by atoms with Gasteiger partial charge in [0.1, 0.15) is 23.5 Å². The minimum Gasteiger partial charge on any atom is -0.507 e. The van der Waals surface area contributed by atoms with E-state index in [0.717, 1.165) is 18.2 Å². The van der Waals surface area contributed by atoms with Crippen molar-refractivity contribution < 1.29 is 23.4 Å². The monoisotopic (exact) mass is 298 g/mol. The lowest BCUT2D eigenvalue weighted by Crippen LogP contribution is -2.24. The first kappa shape index (κ1) is 14.0. The van der Waals surface area contributed by atoms with Gasteiger partial charge in [0, 0.05) is 0 Å². The Labute approximate surface area is 113 Å². The minimum atomic E-state index is -3.92. The Balaban J connectivity index is 2.25. The molecule has 2 aromatic rings. The fourth-order valence-electron chi connectivity index (χ4n) is 1.42. The van der Waals surface area contributed by atoms with Crippen LogP contribution in [0, 0.1) is 0 Å². The molecule has 0 atom stereocenters. The lowest BCUT2D eigenvalue weighted by atomic mass is 10.2. The summed E-state index contributed by atoms with van der Waals surface area (Å²) >= 11 is 0. The molecule has 4 N–H and O–H groups in total. The molecule has 0 spiro atoms. The third kappa shape index (κ3) is 2.92. The highest BCUT2D eigenvalue weighted by molar-refractivity contribution is 7.89. The number of carboxylic acids is 1. The Morgan fingerprint density at radius 1 is 1.40 bits per heavy atom. The van der Waals surface area contributed by atoms with Crippen LogP contribution in [0.4, 0.5) is 0 Å². The van der Waals surface area contributed by atoms with Crippen molar-refractivity contribution in [2.45, 2.75) is 11.4 Å². The van der Waals surface area contributed by atoms with Gasteiger partial charge in [-0.05, 0) is 18.2 Å². The molecule has 0 aliphatic rings. The zero-order valence-electron chi connectivity index (χ0n) is 9.94. The second kappa shape index (κ2) is 5.27. The molecule has 20 heavy (non-hydrogen) atoms. The number of sulfonamides is 1. The maximum absolute atomic E-state index is 12.0. The quantitative estimate of drug-likeness (QED) is 0.592. The normalized spacial score (nSPS) is 11.4.